The first-order valence-corrected chi connectivity index (χ1v) is 7.05. The molecule has 0 fully saturated rings. The molecule has 0 bridgehead atoms. The van der Waals surface area contributed by atoms with Crippen molar-refractivity contribution in [3.8, 4) is 5.75 Å². The van der Waals surface area contributed by atoms with Crippen molar-refractivity contribution >= 4 is 36.5 Å². The van der Waals surface area contributed by atoms with Crippen molar-refractivity contribution in [3.05, 3.63) is 35.9 Å². The van der Waals surface area contributed by atoms with Crippen molar-refractivity contribution < 1.29 is 23.4 Å². The van der Waals surface area contributed by atoms with E-state index in [1.165, 1.54) is 24.3 Å². The van der Waals surface area contributed by atoms with Gasteiger partial charge in [0.05, 0.1) is 4.90 Å². The van der Waals surface area contributed by atoms with E-state index >= 15 is 0 Å². The van der Waals surface area contributed by atoms with Crippen molar-refractivity contribution in [1.82, 2.24) is 0 Å². The fraction of sp³-hybridized carbons (Fsp3) is 0. The van der Waals surface area contributed by atoms with Crippen molar-refractivity contribution in [1.29, 1.82) is 0 Å². The number of phenols is 1. The molecular weight excluding hydrogens is 280 g/mol. The molecule has 2 N–H and O–H groups in total. The second-order valence-electron chi connectivity index (χ2n) is 3.59. The van der Waals surface area contributed by atoms with Gasteiger partial charge in [0.15, 0.2) is 0 Å². The lowest BCUT2D eigenvalue weighted by Crippen LogP contribution is -1.98. The molecule has 0 aliphatic heterocycles. The maximum Gasteiger partial charge on any atom is 0.339 e. The highest BCUT2D eigenvalue weighted by Crippen LogP contribution is 2.31. The van der Waals surface area contributed by atoms with Gasteiger partial charge in [-0.15, -0.1) is 0 Å². The first-order chi connectivity index (χ1) is 8.30. The van der Waals surface area contributed by atoms with Gasteiger partial charge in [-0.25, -0.2) is 13.2 Å². The Morgan fingerprint density at radius 3 is 2.44 bits per heavy atom. The van der Waals surface area contributed by atoms with Gasteiger partial charge in [0.25, 0.3) is 9.05 Å². The molecule has 2 rings (SSSR count). The second kappa shape index (κ2) is 4.15. The summed E-state index contributed by atoms with van der Waals surface area (Å²) in [5.74, 6) is -1.81. The predicted molar refractivity (Wildman–Crippen MR) is 65.6 cm³/mol. The maximum atomic E-state index is 11.3. The van der Waals surface area contributed by atoms with Crippen LogP contribution in [0, 0.1) is 0 Å². The van der Waals surface area contributed by atoms with Gasteiger partial charge in [-0.05, 0) is 23.6 Å². The molecule has 0 amide bonds. The van der Waals surface area contributed by atoms with Gasteiger partial charge >= 0.3 is 5.97 Å². The van der Waals surface area contributed by atoms with Crippen molar-refractivity contribution in [2.75, 3.05) is 0 Å². The van der Waals surface area contributed by atoms with E-state index in [1.54, 1.807) is 0 Å². The molecule has 0 saturated heterocycles. The number of carboxylic acid groups (broad SMARTS) is 1. The van der Waals surface area contributed by atoms with Gasteiger partial charge < -0.3 is 10.2 Å². The van der Waals surface area contributed by atoms with Crippen molar-refractivity contribution in [3.63, 3.8) is 0 Å². The van der Waals surface area contributed by atoms with Crippen LogP contribution in [-0.2, 0) is 9.05 Å². The van der Waals surface area contributed by atoms with Crippen LogP contribution in [0.15, 0.2) is 35.2 Å². The molecule has 18 heavy (non-hydrogen) atoms. The molecule has 0 heterocycles. The van der Waals surface area contributed by atoms with Gasteiger partial charge in [0.2, 0.25) is 0 Å². The smallest absolute Gasteiger partial charge is 0.339 e. The summed E-state index contributed by atoms with van der Waals surface area (Å²) in [6.45, 7) is 0. The minimum Gasteiger partial charge on any atom is -0.507 e. The van der Waals surface area contributed by atoms with E-state index in [9.17, 15) is 18.3 Å². The van der Waals surface area contributed by atoms with Gasteiger partial charge in [0.1, 0.15) is 11.3 Å². The first-order valence-electron chi connectivity index (χ1n) is 4.74. The molecule has 0 aliphatic rings. The molecule has 0 aromatic heterocycles. The van der Waals surface area contributed by atoms with Gasteiger partial charge in [0, 0.05) is 16.1 Å². The zero-order valence-electron chi connectivity index (χ0n) is 8.79. The predicted octanol–water partition coefficient (Wildman–Crippen LogP) is 2.17. The third-order valence-electron chi connectivity index (χ3n) is 2.45. The van der Waals surface area contributed by atoms with Crippen LogP contribution in [0.25, 0.3) is 10.8 Å². The third kappa shape index (κ3) is 2.12. The summed E-state index contributed by atoms with van der Waals surface area (Å²) in [6, 6.07) is 6.53. The van der Waals surface area contributed by atoms with E-state index in [2.05, 4.69) is 0 Å². The summed E-state index contributed by atoms with van der Waals surface area (Å²) in [4.78, 5) is 10.7. The molecule has 94 valence electrons. The number of hydrogen-bond acceptors (Lipinski definition) is 4. The van der Waals surface area contributed by atoms with Crippen LogP contribution in [0.2, 0.25) is 0 Å². The number of benzene rings is 2. The Bertz CT molecular complexity index is 751. The van der Waals surface area contributed by atoms with Crippen molar-refractivity contribution in [2.24, 2.45) is 0 Å². The molecule has 0 spiro atoms. The van der Waals surface area contributed by atoms with Crippen LogP contribution in [-0.4, -0.2) is 24.6 Å². The number of carbonyl (C=O) groups is 1. The molecule has 5 nitrogen and oxygen atoms in total. The first kappa shape index (κ1) is 12.7. The second-order valence-corrected chi connectivity index (χ2v) is 6.12. The van der Waals surface area contributed by atoms with Gasteiger partial charge in [-0.2, -0.15) is 0 Å². The molecule has 2 aromatic rings. The Morgan fingerprint density at radius 2 is 1.89 bits per heavy atom. The fourth-order valence-corrected chi connectivity index (χ4v) is 2.75. The lowest BCUT2D eigenvalue weighted by atomic mass is 10.1. The summed E-state index contributed by atoms with van der Waals surface area (Å²) in [6.07, 6.45) is 0. The summed E-state index contributed by atoms with van der Waals surface area (Å²) in [7, 11) is 1.30. The van der Waals surface area contributed by atoms with Crippen LogP contribution >= 0.6 is 10.7 Å². The largest absolute Gasteiger partial charge is 0.507 e. The number of halogens is 1. The Labute approximate surface area is 107 Å². The molecule has 7 heteroatoms. The highest BCUT2D eigenvalue weighted by molar-refractivity contribution is 8.14. The van der Waals surface area contributed by atoms with E-state index in [1.807, 2.05) is 0 Å². The zero-order chi connectivity index (χ0) is 13.5. The SMILES string of the molecule is O=C(O)c1cc2cccc(S(=O)(=O)Cl)c2cc1O. The summed E-state index contributed by atoms with van der Waals surface area (Å²) >= 11 is 0. The third-order valence-corrected chi connectivity index (χ3v) is 3.83. The monoisotopic (exact) mass is 286 g/mol. The van der Waals surface area contributed by atoms with Gasteiger partial charge in [-0.3, -0.25) is 0 Å². The highest BCUT2D eigenvalue weighted by Gasteiger charge is 2.17. The molecule has 0 aliphatic carbocycles. The van der Waals surface area contributed by atoms with Crippen LogP contribution in [0.3, 0.4) is 0 Å². The molecule has 0 atom stereocenters. The average Bonchev–Trinajstić information content (AvgIpc) is 2.25. The number of carboxylic acids is 1. The quantitative estimate of drug-likeness (QED) is 0.826. The average molecular weight is 287 g/mol. The summed E-state index contributed by atoms with van der Waals surface area (Å²) in [5.41, 5.74) is -0.299. The van der Waals surface area contributed by atoms with Crippen LogP contribution < -0.4 is 0 Å². The normalized spacial score (nSPS) is 11.6. The number of rotatable bonds is 2. The van der Waals surface area contributed by atoms with Crippen LogP contribution in [0.4, 0.5) is 0 Å². The van der Waals surface area contributed by atoms with E-state index in [0.717, 1.165) is 6.07 Å². The van der Waals surface area contributed by atoms with Crippen molar-refractivity contribution in [2.45, 2.75) is 4.90 Å². The molecule has 0 radical (unpaired) electrons. The molecule has 0 saturated carbocycles. The number of aromatic hydroxyl groups is 1. The standard InChI is InChI=1S/C11H7ClO5S/c12-18(16,17)10-3-1-2-6-4-8(11(14)15)9(13)5-7(6)10/h1-5,13H,(H,14,15). The molecular formula is C11H7ClO5S. The summed E-state index contributed by atoms with van der Waals surface area (Å²) in [5, 5.41) is 18.9. The number of hydrogen-bond donors (Lipinski definition) is 2. The Balaban J connectivity index is 2.89. The minimum absolute atomic E-state index is 0.172. The minimum atomic E-state index is -3.97. The number of aromatic carboxylic acids is 1. The lowest BCUT2D eigenvalue weighted by molar-refractivity contribution is 0.0694. The van der Waals surface area contributed by atoms with E-state index in [-0.39, 0.29) is 15.8 Å². The zero-order valence-corrected chi connectivity index (χ0v) is 10.4. The summed E-state index contributed by atoms with van der Waals surface area (Å²) < 4.78 is 22.7. The van der Waals surface area contributed by atoms with E-state index < -0.39 is 20.8 Å². The number of fused-ring (bicyclic) bond motifs is 1. The van der Waals surface area contributed by atoms with Gasteiger partial charge in [-0.1, -0.05) is 12.1 Å². The fourth-order valence-electron chi connectivity index (χ4n) is 1.67. The maximum absolute atomic E-state index is 11.3. The molecule has 0 unspecified atom stereocenters. The highest BCUT2D eigenvalue weighted by atomic mass is 35.7. The van der Waals surface area contributed by atoms with Crippen LogP contribution in [0.1, 0.15) is 10.4 Å². The Morgan fingerprint density at radius 1 is 1.22 bits per heavy atom. The van der Waals surface area contributed by atoms with E-state index in [0.29, 0.717) is 5.39 Å². The van der Waals surface area contributed by atoms with E-state index in [4.69, 9.17) is 15.8 Å². The lowest BCUT2D eigenvalue weighted by Gasteiger charge is -2.06. The van der Waals surface area contributed by atoms with Crippen LogP contribution in [0.5, 0.6) is 5.75 Å². The Hall–Kier alpha value is -1.79. The Kier molecular flexibility index (Phi) is 2.92. The topological polar surface area (TPSA) is 91.7 Å². The molecule has 2 aromatic carbocycles.